The quantitative estimate of drug-likeness (QED) is 0.0595. The van der Waals surface area contributed by atoms with Crippen LogP contribution >= 0.6 is 0 Å². The molecule has 0 aliphatic carbocycles. The van der Waals surface area contributed by atoms with Gasteiger partial charge in [-0.15, -0.1) is 47.2 Å². The van der Waals surface area contributed by atoms with Gasteiger partial charge in [-0.2, -0.15) is 0 Å². The smallest absolute Gasteiger partial charge is 0.351 e. The number of hydrogen-bond acceptors (Lipinski definition) is 10. The second-order valence-electron chi connectivity index (χ2n) is 33.1. The van der Waals surface area contributed by atoms with Crippen molar-refractivity contribution >= 4 is 231 Å². The first-order chi connectivity index (χ1) is 63.5. The molecule has 0 aliphatic heterocycles. The molecule has 0 aliphatic rings. The van der Waals surface area contributed by atoms with E-state index in [1.54, 1.807) is 0 Å². The Hall–Kier alpha value is -16.2. The van der Waals surface area contributed by atoms with E-state index in [2.05, 4.69) is 432 Å². The van der Waals surface area contributed by atoms with Crippen LogP contribution in [-0.2, 0) is 29.7 Å². The number of rotatable bonds is 14. The summed E-state index contributed by atoms with van der Waals surface area (Å²) in [5.74, 6) is -0.125. The van der Waals surface area contributed by atoms with Gasteiger partial charge in [0, 0.05) is 90.5 Å². The molecule has 10 nitrogen and oxygen atoms in total. The summed E-state index contributed by atoms with van der Waals surface area (Å²) in [5.41, 5.74) is 18.0. The number of carbonyl (C=O) groups excluding carboxylic acids is 2. The maximum absolute atomic E-state index is 10.0. The molecule has 24 rings (SSSR count). The van der Waals surface area contributed by atoms with Gasteiger partial charge in [0.05, 0.1) is 40.2 Å². The third kappa shape index (κ3) is 14.7. The zero-order chi connectivity index (χ0) is 86.7. The minimum absolute atomic E-state index is 0. The number of hydrogen-bond donors (Lipinski definition) is 0. The molecule has 22 aromatic carbocycles. The summed E-state index contributed by atoms with van der Waals surface area (Å²) in [5, 5.41) is 27.6. The summed E-state index contributed by atoms with van der Waals surface area (Å²) < 4.78 is 0. The first-order valence-corrected chi connectivity index (χ1v) is 43.6. The molecule has 0 atom stereocenters. The summed E-state index contributed by atoms with van der Waals surface area (Å²) in [6.45, 7) is 6.83. The maximum Gasteiger partial charge on any atom is 3.00 e. The van der Waals surface area contributed by atoms with Crippen LogP contribution in [0.4, 0.5) is 68.2 Å². The van der Waals surface area contributed by atoms with E-state index < -0.39 is 0 Å². The second kappa shape index (κ2) is 34.3. The van der Waals surface area contributed by atoms with Crippen LogP contribution in [0.2, 0.25) is 0 Å². The van der Waals surface area contributed by atoms with Crippen LogP contribution in [0.15, 0.2) is 413 Å². The number of aryl methyl sites for hydroxylation is 2. The molecule has 0 spiro atoms. The predicted molar refractivity (Wildman–Crippen MR) is 541 cm³/mol. The number of ketones is 2. The van der Waals surface area contributed by atoms with Crippen LogP contribution in [0.1, 0.15) is 31.7 Å². The largest absolute Gasteiger partial charge is 3.00 e. The minimum Gasteiger partial charge on any atom is -0.351 e. The summed E-state index contributed by atoms with van der Waals surface area (Å²) in [6, 6.07) is 152. The van der Waals surface area contributed by atoms with Crippen molar-refractivity contribution in [3.05, 3.63) is 436 Å². The average Bonchev–Trinajstić information content (AvgIpc) is 0.724. The van der Waals surface area contributed by atoms with Gasteiger partial charge in [-0.1, -0.05) is 290 Å². The van der Waals surface area contributed by atoms with Crippen molar-refractivity contribution in [3.8, 4) is 0 Å². The molecule has 0 fully saturated rings. The number of fused-ring (bicyclic) bond motifs is 24. The number of benzene rings is 22. The number of nitrogens with zero attached hydrogens (tertiary/aromatic N) is 8. The van der Waals surface area contributed by atoms with Gasteiger partial charge in [0.2, 0.25) is 0 Å². The van der Waals surface area contributed by atoms with E-state index >= 15 is 0 Å². The zero-order valence-corrected chi connectivity index (χ0v) is 74.1. The normalized spacial score (nSPS) is 11.4. The third-order valence-corrected chi connectivity index (χ3v) is 24.7. The molecule has 0 bridgehead atoms. The van der Waals surface area contributed by atoms with Crippen molar-refractivity contribution in [2.75, 3.05) is 19.6 Å². The van der Waals surface area contributed by atoms with E-state index in [1.807, 2.05) is 26.2 Å². The van der Waals surface area contributed by atoms with Crippen molar-refractivity contribution in [1.29, 1.82) is 0 Å². The molecular weight excluding hydrogens is 1770 g/mol. The number of anilines is 12. The zero-order valence-electron chi connectivity index (χ0n) is 71.7. The number of carbonyl (C=O) groups is 2. The molecule has 2 heterocycles. The fourth-order valence-electron chi connectivity index (χ4n) is 19.2. The van der Waals surface area contributed by atoms with Gasteiger partial charge >= 0.3 is 20.1 Å². The van der Waals surface area contributed by atoms with Gasteiger partial charge in [0.15, 0.2) is 0 Å². The standard InChI is InChI=1S/2C57H37N4.C5H8O2.Ir/c2*1-37-36-58-56-50-30-28-42(60(40-18-4-2-5-19-40)54-32-38-16-8-10-22-44(38)46-24-12-14-26-48(46)54)34-52(50)53-35-43(29-31-51(53)57(56)59-37)61(41-20-6-3-7-21-41)55-33-39-17-9-11-23-45(39)47-25-13-15-27-49(47)55;1-4(6)3-5(2)7;/h2*2-29,31-36H,1H3;3H2,1-2H3;/q2*-1;;+3. The average molecular weight is 1850 g/mol. The van der Waals surface area contributed by atoms with Gasteiger partial charge < -0.3 is 29.6 Å². The number of aromatic nitrogens is 4. The number of para-hydroxylation sites is 4. The Kier molecular flexibility index (Phi) is 21.3. The maximum atomic E-state index is 10.0. The van der Waals surface area contributed by atoms with Crippen LogP contribution in [0, 0.1) is 26.0 Å². The first-order valence-electron chi connectivity index (χ1n) is 43.6. The van der Waals surface area contributed by atoms with Crippen molar-refractivity contribution in [3.63, 3.8) is 0 Å². The summed E-state index contributed by atoms with van der Waals surface area (Å²) >= 11 is 0. The Bertz CT molecular complexity index is 8110. The minimum atomic E-state index is -0.0625. The van der Waals surface area contributed by atoms with E-state index in [9.17, 15) is 9.59 Å². The van der Waals surface area contributed by atoms with Crippen LogP contribution in [-0.4, -0.2) is 31.5 Å². The molecule has 0 saturated heterocycles. The van der Waals surface area contributed by atoms with E-state index in [0.717, 1.165) is 145 Å². The van der Waals surface area contributed by atoms with E-state index in [1.165, 1.54) is 100 Å². The van der Waals surface area contributed by atoms with Crippen molar-refractivity contribution in [2.45, 2.75) is 34.1 Å². The molecule has 0 N–H and O–H groups in total. The molecular formula is C119H82IrN8O2+. The monoisotopic (exact) mass is 1850 g/mol. The van der Waals surface area contributed by atoms with Crippen molar-refractivity contribution in [2.24, 2.45) is 0 Å². The van der Waals surface area contributed by atoms with Crippen LogP contribution in [0.25, 0.3) is 151 Å². The predicted octanol–water partition coefficient (Wildman–Crippen LogP) is 31.7. The van der Waals surface area contributed by atoms with Gasteiger partial charge in [0.25, 0.3) is 0 Å². The van der Waals surface area contributed by atoms with E-state index in [-0.39, 0.29) is 38.1 Å². The second-order valence-corrected chi connectivity index (χ2v) is 33.1. The van der Waals surface area contributed by atoms with Gasteiger partial charge in [0.1, 0.15) is 11.6 Å². The van der Waals surface area contributed by atoms with Crippen LogP contribution in [0.5, 0.6) is 0 Å². The fourth-order valence-corrected chi connectivity index (χ4v) is 19.2. The molecule has 24 aromatic rings. The first kappa shape index (κ1) is 80.9. The molecule has 2 aromatic heterocycles. The molecule has 0 unspecified atom stereocenters. The molecule has 0 radical (unpaired) electrons. The van der Waals surface area contributed by atoms with Gasteiger partial charge in [-0.25, -0.2) is 0 Å². The molecule has 618 valence electrons. The molecule has 0 amide bonds. The Labute approximate surface area is 765 Å². The summed E-state index contributed by atoms with van der Waals surface area (Å²) in [7, 11) is 0. The topological polar surface area (TPSA) is 98.7 Å². The Morgan fingerprint density at radius 1 is 0.238 bits per heavy atom. The number of Topliss-reactive ketones (excluding diaryl/α,β-unsaturated/α-hetero) is 2. The van der Waals surface area contributed by atoms with Crippen LogP contribution in [0.3, 0.4) is 0 Å². The SMILES string of the molecule is CC(=O)CC(C)=O.Cc1cnc2c3[c-]cc(N(c4ccccc4)c4cc5ccccc5c5ccccc45)cc3c3cc(N(c4ccccc4)c4cc5ccccc5c5ccccc45)ccc3c2n1.Cc1cnc2c3[c-]cc(N(c4ccccc4)c4cc5ccccc5c5ccccc45)cc3c3cc(N(c4ccccc4)c4cc5ccccc5c5ccccc45)ccc3c2n1.[Ir+3]. The van der Waals surface area contributed by atoms with E-state index in [4.69, 9.17) is 19.9 Å². The van der Waals surface area contributed by atoms with E-state index in [0.29, 0.717) is 0 Å². The van der Waals surface area contributed by atoms with Crippen LogP contribution < -0.4 is 19.6 Å². The molecule has 130 heavy (non-hydrogen) atoms. The summed E-state index contributed by atoms with van der Waals surface area (Å²) in [6.07, 6.45) is 3.81. The Morgan fingerprint density at radius 3 is 0.762 bits per heavy atom. The van der Waals surface area contributed by atoms with Gasteiger partial charge in [-0.3, -0.25) is 19.6 Å². The van der Waals surface area contributed by atoms with Crippen molar-refractivity contribution in [1.82, 2.24) is 19.9 Å². The Balaban J connectivity index is 0.000000146. The third-order valence-electron chi connectivity index (χ3n) is 24.7. The molecule has 11 heteroatoms. The summed E-state index contributed by atoms with van der Waals surface area (Å²) in [4.78, 5) is 49.9. The molecule has 0 saturated carbocycles. The van der Waals surface area contributed by atoms with Gasteiger partial charge in [-0.05, 0) is 222 Å². The fraction of sp³-hybridized carbons (Fsp3) is 0.0420. The van der Waals surface area contributed by atoms with Crippen molar-refractivity contribution < 1.29 is 29.7 Å². The Morgan fingerprint density at radius 2 is 0.485 bits per heavy atom.